The lowest BCUT2D eigenvalue weighted by Crippen LogP contribution is -2.19. The first-order valence-electron chi connectivity index (χ1n) is 8.58. The summed E-state index contributed by atoms with van der Waals surface area (Å²) < 4.78 is 1.90. The summed E-state index contributed by atoms with van der Waals surface area (Å²) in [6.07, 6.45) is 2.58. The van der Waals surface area contributed by atoms with Gasteiger partial charge in [-0.15, -0.1) is 0 Å². The number of hydrogen-bond donors (Lipinski definition) is 0. The highest BCUT2D eigenvalue weighted by molar-refractivity contribution is 5.70. The molecule has 0 atom stereocenters. The molecular formula is C20H22N4. The van der Waals surface area contributed by atoms with Crippen LogP contribution in [0.3, 0.4) is 0 Å². The monoisotopic (exact) mass is 318 g/mol. The fourth-order valence-corrected chi connectivity index (χ4v) is 3.37. The molecule has 0 unspecified atom stereocenters. The topological polar surface area (TPSA) is 34.0 Å². The highest BCUT2D eigenvalue weighted by atomic mass is 15.3. The molecule has 1 saturated heterocycles. The Morgan fingerprint density at radius 3 is 2.38 bits per heavy atom. The first-order chi connectivity index (χ1) is 11.8. The molecule has 24 heavy (non-hydrogen) atoms. The largest absolute Gasteiger partial charge is 0.296 e. The SMILES string of the molecule is Cn1nc(CN2CCCC2)nc1-c1cccc(-c2ccccc2)c1. The van der Waals surface area contributed by atoms with Gasteiger partial charge in [0.1, 0.15) is 0 Å². The van der Waals surface area contributed by atoms with Gasteiger partial charge in [0.2, 0.25) is 0 Å². The van der Waals surface area contributed by atoms with Crippen LogP contribution in [0.15, 0.2) is 54.6 Å². The van der Waals surface area contributed by atoms with Crippen LogP contribution < -0.4 is 0 Å². The summed E-state index contributed by atoms with van der Waals surface area (Å²) in [6, 6.07) is 19.0. The van der Waals surface area contributed by atoms with E-state index in [9.17, 15) is 0 Å². The lowest BCUT2D eigenvalue weighted by molar-refractivity contribution is 0.322. The standard InChI is InChI=1S/C20H22N4/c1-23-20(21-19(22-23)15-24-12-5-6-13-24)18-11-7-10-17(14-18)16-8-3-2-4-9-16/h2-4,7-11,14H,5-6,12-13,15H2,1H3. The molecule has 4 rings (SSSR count). The second-order valence-electron chi connectivity index (χ2n) is 6.41. The number of hydrogen-bond acceptors (Lipinski definition) is 3. The van der Waals surface area contributed by atoms with Crippen LogP contribution in [-0.4, -0.2) is 32.8 Å². The molecule has 3 aromatic rings. The molecule has 2 aromatic carbocycles. The fraction of sp³-hybridized carbons (Fsp3) is 0.300. The van der Waals surface area contributed by atoms with Crippen molar-refractivity contribution in [3.8, 4) is 22.5 Å². The number of aryl methyl sites for hydroxylation is 1. The van der Waals surface area contributed by atoms with Crippen LogP contribution in [-0.2, 0) is 13.6 Å². The van der Waals surface area contributed by atoms with E-state index < -0.39 is 0 Å². The predicted molar refractivity (Wildman–Crippen MR) is 96.4 cm³/mol. The maximum absolute atomic E-state index is 4.79. The maximum Gasteiger partial charge on any atom is 0.165 e. The van der Waals surface area contributed by atoms with Crippen LogP contribution in [0.2, 0.25) is 0 Å². The van der Waals surface area contributed by atoms with Gasteiger partial charge in [-0.2, -0.15) is 5.10 Å². The molecule has 1 fully saturated rings. The van der Waals surface area contributed by atoms with Crippen molar-refractivity contribution in [2.24, 2.45) is 7.05 Å². The van der Waals surface area contributed by atoms with Crippen molar-refractivity contribution in [3.63, 3.8) is 0 Å². The van der Waals surface area contributed by atoms with Crippen molar-refractivity contribution in [2.75, 3.05) is 13.1 Å². The molecule has 0 saturated carbocycles. The average molecular weight is 318 g/mol. The molecule has 0 amide bonds. The van der Waals surface area contributed by atoms with Gasteiger partial charge in [0.05, 0.1) is 6.54 Å². The van der Waals surface area contributed by atoms with Crippen LogP contribution in [0.4, 0.5) is 0 Å². The molecule has 0 bridgehead atoms. The van der Waals surface area contributed by atoms with E-state index in [-0.39, 0.29) is 0 Å². The minimum atomic E-state index is 0.853. The third-order valence-corrected chi connectivity index (χ3v) is 4.60. The molecule has 0 radical (unpaired) electrons. The van der Waals surface area contributed by atoms with Crippen molar-refractivity contribution >= 4 is 0 Å². The average Bonchev–Trinajstić information content (AvgIpc) is 3.26. The van der Waals surface area contributed by atoms with Crippen molar-refractivity contribution in [1.29, 1.82) is 0 Å². The maximum atomic E-state index is 4.79. The van der Waals surface area contributed by atoms with Crippen LogP contribution in [0.1, 0.15) is 18.7 Å². The van der Waals surface area contributed by atoms with E-state index in [0.717, 1.165) is 36.8 Å². The van der Waals surface area contributed by atoms with E-state index in [1.165, 1.54) is 24.0 Å². The second kappa shape index (κ2) is 6.57. The van der Waals surface area contributed by atoms with E-state index in [0.29, 0.717) is 0 Å². The molecule has 4 heteroatoms. The normalized spacial score (nSPS) is 15.0. The van der Waals surface area contributed by atoms with Crippen molar-refractivity contribution < 1.29 is 0 Å². The summed E-state index contributed by atoms with van der Waals surface area (Å²) in [6.45, 7) is 3.18. The first kappa shape index (κ1) is 15.1. The number of benzene rings is 2. The minimum Gasteiger partial charge on any atom is -0.296 e. The Balaban J connectivity index is 1.63. The first-order valence-corrected chi connectivity index (χ1v) is 8.58. The van der Waals surface area contributed by atoms with Gasteiger partial charge in [-0.25, -0.2) is 9.67 Å². The third-order valence-electron chi connectivity index (χ3n) is 4.60. The zero-order chi connectivity index (χ0) is 16.4. The zero-order valence-electron chi connectivity index (χ0n) is 14.0. The molecule has 0 spiro atoms. The van der Waals surface area contributed by atoms with Crippen molar-refractivity contribution in [3.05, 3.63) is 60.4 Å². The minimum absolute atomic E-state index is 0.853. The Hall–Kier alpha value is -2.46. The van der Waals surface area contributed by atoms with Gasteiger partial charge in [0.25, 0.3) is 0 Å². The molecule has 2 heterocycles. The zero-order valence-corrected chi connectivity index (χ0v) is 14.0. The molecular weight excluding hydrogens is 296 g/mol. The van der Waals surface area contributed by atoms with Gasteiger partial charge in [-0.1, -0.05) is 48.5 Å². The predicted octanol–water partition coefficient (Wildman–Crippen LogP) is 3.74. The van der Waals surface area contributed by atoms with Gasteiger partial charge < -0.3 is 0 Å². The third kappa shape index (κ3) is 3.10. The quantitative estimate of drug-likeness (QED) is 0.735. The Morgan fingerprint density at radius 1 is 0.875 bits per heavy atom. The second-order valence-corrected chi connectivity index (χ2v) is 6.41. The van der Waals surface area contributed by atoms with Gasteiger partial charge in [-0.05, 0) is 43.1 Å². The molecule has 0 N–H and O–H groups in total. The van der Waals surface area contributed by atoms with Crippen LogP contribution >= 0.6 is 0 Å². The van der Waals surface area contributed by atoms with Gasteiger partial charge in [-0.3, -0.25) is 4.90 Å². The Morgan fingerprint density at radius 2 is 1.58 bits per heavy atom. The number of rotatable bonds is 4. The van der Waals surface area contributed by atoms with E-state index in [1.807, 2.05) is 17.8 Å². The summed E-state index contributed by atoms with van der Waals surface area (Å²) in [4.78, 5) is 7.22. The van der Waals surface area contributed by atoms with E-state index in [1.54, 1.807) is 0 Å². The van der Waals surface area contributed by atoms with Gasteiger partial charge in [0, 0.05) is 12.6 Å². The highest BCUT2D eigenvalue weighted by Crippen LogP contribution is 2.25. The molecule has 0 aliphatic carbocycles. The molecule has 1 aromatic heterocycles. The molecule has 1 aliphatic rings. The summed E-state index contributed by atoms with van der Waals surface area (Å²) in [7, 11) is 1.98. The van der Waals surface area contributed by atoms with Crippen LogP contribution in [0.25, 0.3) is 22.5 Å². The van der Waals surface area contributed by atoms with Gasteiger partial charge in [0.15, 0.2) is 11.6 Å². The summed E-state index contributed by atoms with van der Waals surface area (Å²) in [5.74, 6) is 1.85. The van der Waals surface area contributed by atoms with Crippen molar-refractivity contribution in [2.45, 2.75) is 19.4 Å². The lowest BCUT2D eigenvalue weighted by Gasteiger charge is -2.10. The fourth-order valence-electron chi connectivity index (χ4n) is 3.37. The molecule has 4 nitrogen and oxygen atoms in total. The summed E-state index contributed by atoms with van der Waals surface area (Å²) in [5, 5.41) is 4.62. The van der Waals surface area contributed by atoms with Gasteiger partial charge >= 0.3 is 0 Å². The van der Waals surface area contributed by atoms with E-state index in [4.69, 9.17) is 4.98 Å². The van der Waals surface area contributed by atoms with Crippen molar-refractivity contribution in [1.82, 2.24) is 19.7 Å². The van der Waals surface area contributed by atoms with E-state index >= 15 is 0 Å². The van der Waals surface area contributed by atoms with Crippen LogP contribution in [0.5, 0.6) is 0 Å². The smallest absolute Gasteiger partial charge is 0.165 e. The van der Waals surface area contributed by atoms with E-state index in [2.05, 4.69) is 58.5 Å². The Kier molecular flexibility index (Phi) is 4.13. The Bertz CT molecular complexity index is 817. The summed E-state index contributed by atoms with van der Waals surface area (Å²) >= 11 is 0. The number of aromatic nitrogens is 3. The summed E-state index contributed by atoms with van der Waals surface area (Å²) in [5.41, 5.74) is 3.54. The molecule has 1 aliphatic heterocycles. The number of nitrogens with zero attached hydrogens (tertiary/aromatic N) is 4. The number of likely N-dealkylation sites (tertiary alicyclic amines) is 1. The molecule has 122 valence electrons. The van der Waals surface area contributed by atoms with Crippen LogP contribution in [0, 0.1) is 0 Å². The lowest BCUT2D eigenvalue weighted by atomic mass is 10.0. The highest BCUT2D eigenvalue weighted by Gasteiger charge is 2.16. The Labute approximate surface area is 142 Å².